The zero-order valence-corrected chi connectivity index (χ0v) is 12.7. The molecule has 0 amide bonds. The van der Waals surface area contributed by atoms with E-state index in [9.17, 15) is 0 Å². The van der Waals surface area contributed by atoms with Crippen molar-refractivity contribution >= 4 is 0 Å². The summed E-state index contributed by atoms with van der Waals surface area (Å²) < 4.78 is 0. The van der Waals surface area contributed by atoms with Crippen molar-refractivity contribution in [3.63, 3.8) is 0 Å². The summed E-state index contributed by atoms with van der Waals surface area (Å²) in [5.41, 5.74) is 5.55. The Labute approximate surface area is 119 Å². The maximum Gasteiger partial charge on any atom is 0.0112 e. The first-order valence-corrected chi connectivity index (χ1v) is 8.56. The van der Waals surface area contributed by atoms with Crippen molar-refractivity contribution in [2.45, 2.75) is 63.8 Å². The third-order valence-electron chi connectivity index (χ3n) is 4.89. The van der Waals surface area contributed by atoms with Crippen LogP contribution in [0, 0.1) is 0 Å². The molecule has 1 aliphatic heterocycles. The van der Waals surface area contributed by atoms with Gasteiger partial charge in [0.15, 0.2) is 0 Å². The number of nitrogens with zero attached hydrogens (tertiary/aromatic N) is 2. The van der Waals surface area contributed by atoms with Crippen LogP contribution in [0.1, 0.15) is 57.8 Å². The Balaban J connectivity index is 1.65. The molecule has 19 heavy (non-hydrogen) atoms. The van der Waals surface area contributed by atoms with Crippen molar-refractivity contribution in [2.24, 2.45) is 5.73 Å². The fourth-order valence-corrected chi connectivity index (χ4v) is 3.68. The van der Waals surface area contributed by atoms with Crippen LogP contribution in [0.5, 0.6) is 0 Å². The summed E-state index contributed by atoms with van der Waals surface area (Å²) in [6, 6.07) is 0.908. The SMILES string of the molecule is NCCCCCN1CCCN(C2CCCCC2)CC1. The Kier molecular flexibility index (Phi) is 7.18. The summed E-state index contributed by atoms with van der Waals surface area (Å²) in [6.45, 7) is 7.39. The van der Waals surface area contributed by atoms with Gasteiger partial charge in [-0.2, -0.15) is 0 Å². The molecular weight excluding hydrogens is 234 g/mol. The van der Waals surface area contributed by atoms with Gasteiger partial charge in [0.1, 0.15) is 0 Å². The molecule has 1 aliphatic carbocycles. The highest BCUT2D eigenvalue weighted by Gasteiger charge is 2.23. The van der Waals surface area contributed by atoms with Gasteiger partial charge in [-0.3, -0.25) is 4.90 Å². The normalized spacial score (nSPS) is 24.5. The van der Waals surface area contributed by atoms with Crippen LogP contribution in [0.3, 0.4) is 0 Å². The van der Waals surface area contributed by atoms with E-state index in [0.29, 0.717) is 0 Å². The van der Waals surface area contributed by atoms with Gasteiger partial charge in [0, 0.05) is 19.1 Å². The van der Waals surface area contributed by atoms with E-state index in [0.717, 1.165) is 12.6 Å². The van der Waals surface area contributed by atoms with E-state index in [1.54, 1.807) is 0 Å². The minimum absolute atomic E-state index is 0.857. The van der Waals surface area contributed by atoms with Gasteiger partial charge in [-0.1, -0.05) is 25.7 Å². The van der Waals surface area contributed by atoms with Crippen LogP contribution in [-0.2, 0) is 0 Å². The molecule has 1 saturated carbocycles. The summed E-state index contributed by atoms with van der Waals surface area (Å²) in [4.78, 5) is 5.47. The van der Waals surface area contributed by atoms with Crippen molar-refractivity contribution in [3.05, 3.63) is 0 Å². The van der Waals surface area contributed by atoms with Crippen LogP contribution in [0.4, 0.5) is 0 Å². The molecule has 0 aromatic rings. The second-order valence-electron chi connectivity index (χ2n) is 6.37. The van der Waals surface area contributed by atoms with E-state index >= 15 is 0 Å². The Morgan fingerprint density at radius 1 is 0.789 bits per heavy atom. The molecule has 1 saturated heterocycles. The van der Waals surface area contributed by atoms with E-state index in [-0.39, 0.29) is 0 Å². The Bertz CT molecular complexity index is 226. The number of rotatable bonds is 6. The summed E-state index contributed by atoms with van der Waals surface area (Å²) in [5.74, 6) is 0. The lowest BCUT2D eigenvalue weighted by molar-refractivity contribution is 0.159. The van der Waals surface area contributed by atoms with Crippen LogP contribution < -0.4 is 5.73 Å². The summed E-state index contributed by atoms with van der Waals surface area (Å²) in [6.07, 6.45) is 12.5. The molecule has 2 N–H and O–H groups in total. The molecule has 0 unspecified atom stereocenters. The zero-order chi connectivity index (χ0) is 13.3. The molecule has 0 aromatic heterocycles. The lowest BCUT2D eigenvalue weighted by atomic mass is 9.94. The first-order chi connectivity index (χ1) is 9.40. The molecule has 112 valence electrons. The summed E-state index contributed by atoms with van der Waals surface area (Å²) >= 11 is 0. The van der Waals surface area contributed by atoms with Gasteiger partial charge >= 0.3 is 0 Å². The first kappa shape index (κ1) is 15.3. The molecular formula is C16H33N3. The Morgan fingerprint density at radius 3 is 2.42 bits per heavy atom. The highest BCUT2D eigenvalue weighted by Crippen LogP contribution is 2.23. The molecule has 0 atom stereocenters. The highest BCUT2D eigenvalue weighted by atomic mass is 15.2. The standard InChI is InChI=1S/C16H33N3/c17-10-5-2-6-11-18-12-7-13-19(15-14-18)16-8-3-1-4-9-16/h16H,1-15,17H2. The molecule has 2 aliphatic rings. The maximum absolute atomic E-state index is 5.55. The van der Waals surface area contributed by atoms with E-state index < -0.39 is 0 Å². The second kappa shape index (κ2) is 8.93. The van der Waals surface area contributed by atoms with E-state index in [2.05, 4.69) is 9.80 Å². The third-order valence-corrected chi connectivity index (χ3v) is 4.89. The smallest absolute Gasteiger partial charge is 0.0112 e. The van der Waals surface area contributed by atoms with Gasteiger partial charge in [0.05, 0.1) is 0 Å². The molecule has 0 radical (unpaired) electrons. The maximum atomic E-state index is 5.55. The lowest BCUT2D eigenvalue weighted by Gasteiger charge is -2.33. The van der Waals surface area contributed by atoms with Gasteiger partial charge in [-0.15, -0.1) is 0 Å². The van der Waals surface area contributed by atoms with Crippen LogP contribution in [0.25, 0.3) is 0 Å². The van der Waals surface area contributed by atoms with Gasteiger partial charge in [0.2, 0.25) is 0 Å². The predicted molar refractivity (Wildman–Crippen MR) is 82.4 cm³/mol. The second-order valence-corrected chi connectivity index (χ2v) is 6.37. The van der Waals surface area contributed by atoms with Crippen LogP contribution >= 0.6 is 0 Å². The molecule has 0 bridgehead atoms. The number of hydrogen-bond donors (Lipinski definition) is 1. The van der Waals surface area contributed by atoms with Gasteiger partial charge in [0.25, 0.3) is 0 Å². The molecule has 3 nitrogen and oxygen atoms in total. The molecule has 2 rings (SSSR count). The topological polar surface area (TPSA) is 32.5 Å². The first-order valence-electron chi connectivity index (χ1n) is 8.56. The zero-order valence-electron chi connectivity index (χ0n) is 12.7. The molecule has 1 heterocycles. The molecule has 0 spiro atoms. The molecule has 3 heteroatoms. The summed E-state index contributed by atoms with van der Waals surface area (Å²) in [7, 11) is 0. The highest BCUT2D eigenvalue weighted by molar-refractivity contribution is 4.79. The van der Waals surface area contributed by atoms with Crippen LogP contribution in [0.2, 0.25) is 0 Å². The largest absolute Gasteiger partial charge is 0.330 e. The van der Waals surface area contributed by atoms with E-state index in [1.165, 1.54) is 90.5 Å². The minimum atomic E-state index is 0.857. The van der Waals surface area contributed by atoms with Gasteiger partial charge in [-0.05, 0) is 58.3 Å². The van der Waals surface area contributed by atoms with Gasteiger partial charge in [-0.25, -0.2) is 0 Å². The quantitative estimate of drug-likeness (QED) is 0.750. The van der Waals surface area contributed by atoms with E-state index in [1.807, 2.05) is 0 Å². The lowest BCUT2D eigenvalue weighted by Crippen LogP contribution is -2.39. The van der Waals surface area contributed by atoms with Crippen molar-refractivity contribution in [3.8, 4) is 0 Å². The van der Waals surface area contributed by atoms with Crippen LogP contribution in [-0.4, -0.2) is 55.1 Å². The summed E-state index contributed by atoms with van der Waals surface area (Å²) in [5, 5.41) is 0. The van der Waals surface area contributed by atoms with Gasteiger partial charge < -0.3 is 10.6 Å². The molecule has 0 aromatic carbocycles. The number of nitrogens with two attached hydrogens (primary N) is 1. The minimum Gasteiger partial charge on any atom is -0.330 e. The third kappa shape index (κ3) is 5.41. The fraction of sp³-hybridized carbons (Fsp3) is 1.00. The monoisotopic (exact) mass is 267 g/mol. The number of unbranched alkanes of at least 4 members (excludes halogenated alkanes) is 2. The van der Waals surface area contributed by atoms with Crippen LogP contribution in [0.15, 0.2) is 0 Å². The van der Waals surface area contributed by atoms with E-state index in [4.69, 9.17) is 5.73 Å². The Morgan fingerprint density at radius 2 is 1.63 bits per heavy atom. The number of hydrogen-bond acceptors (Lipinski definition) is 3. The Hall–Kier alpha value is -0.120. The van der Waals surface area contributed by atoms with Crippen molar-refractivity contribution in [1.29, 1.82) is 0 Å². The average Bonchev–Trinajstić information content (AvgIpc) is 2.70. The van der Waals surface area contributed by atoms with Crippen molar-refractivity contribution in [1.82, 2.24) is 9.80 Å². The van der Waals surface area contributed by atoms with Crippen molar-refractivity contribution in [2.75, 3.05) is 39.3 Å². The van der Waals surface area contributed by atoms with Crippen molar-refractivity contribution < 1.29 is 0 Å². The molecule has 2 fully saturated rings. The predicted octanol–water partition coefficient (Wildman–Crippen LogP) is 2.46. The fourth-order valence-electron chi connectivity index (χ4n) is 3.68. The average molecular weight is 267 g/mol.